The molecule has 0 amide bonds. The molecule has 0 saturated heterocycles. The fourth-order valence-electron chi connectivity index (χ4n) is 5.49. The largest absolute Gasteiger partial charge is 0.334 e. The van der Waals surface area contributed by atoms with Crippen molar-refractivity contribution in [2.45, 2.75) is 51.6 Å². The van der Waals surface area contributed by atoms with Gasteiger partial charge in [-0.2, -0.15) is 4.98 Å². The molecule has 4 nitrogen and oxygen atoms in total. The zero-order chi connectivity index (χ0) is 23.2. The zero-order valence-corrected chi connectivity index (χ0v) is 19.5. The van der Waals surface area contributed by atoms with Gasteiger partial charge in [0.05, 0.1) is 0 Å². The molecule has 0 bridgehead atoms. The van der Waals surface area contributed by atoms with Crippen molar-refractivity contribution in [2.75, 3.05) is 0 Å². The Morgan fingerprint density at radius 2 is 1.79 bits per heavy atom. The average Bonchev–Trinajstić information content (AvgIpc) is 3.46. The van der Waals surface area contributed by atoms with Gasteiger partial charge in [-0.25, -0.2) is 4.39 Å². The summed E-state index contributed by atoms with van der Waals surface area (Å²) >= 11 is 0. The van der Waals surface area contributed by atoms with Crippen LogP contribution in [0.4, 0.5) is 4.39 Å². The number of hydrogen-bond donors (Lipinski definition) is 1. The van der Waals surface area contributed by atoms with Crippen LogP contribution in [0.1, 0.15) is 48.9 Å². The number of nitrogens with zero attached hydrogens (tertiary/aromatic N) is 2. The molecule has 0 aliphatic heterocycles. The third-order valence-electron chi connectivity index (χ3n) is 7.35. The van der Waals surface area contributed by atoms with Crippen LogP contribution in [0.2, 0.25) is 0 Å². The molecule has 3 aromatic carbocycles. The maximum atomic E-state index is 14.2. The highest BCUT2D eigenvalue weighted by molar-refractivity contribution is 5.72. The molecule has 5 heteroatoms. The molecule has 1 fully saturated rings. The first-order valence-electron chi connectivity index (χ1n) is 12.1. The Bertz CT molecular complexity index is 1360. The fourth-order valence-corrected chi connectivity index (χ4v) is 5.49. The van der Waals surface area contributed by atoms with Crippen molar-refractivity contribution in [3.8, 4) is 34.0 Å². The Kier molecular flexibility index (Phi) is 5.30. The molecule has 2 aliphatic carbocycles. The van der Waals surface area contributed by atoms with E-state index in [1.807, 2.05) is 31.2 Å². The van der Waals surface area contributed by atoms with Crippen LogP contribution in [0.5, 0.6) is 0 Å². The van der Waals surface area contributed by atoms with E-state index in [0.29, 0.717) is 29.4 Å². The number of hydrogen-bond acceptors (Lipinski definition) is 4. The van der Waals surface area contributed by atoms with Crippen LogP contribution in [-0.4, -0.2) is 16.2 Å². The van der Waals surface area contributed by atoms with Crippen molar-refractivity contribution >= 4 is 0 Å². The molecule has 34 heavy (non-hydrogen) atoms. The number of rotatable bonds is 5. The molecule has 172 valence electrons. The standard InChI is InChI=1S/C29H28FN3O/c1-17-13-22(14-17)31-27-12-9-19-16-20(7-11-24(19)27)28-32-29(34-33-28)21-8-10-23(18(2)15-21)25-5-3-4-6-26(25)30/h3-8,10-11,15-17,22,27,31H,9,12-14H2,1-2H3. The zero-order valence-electron chi connectivity index (χ0n) is 19.5. The van der Waals surface area contributed by atoms with Gasteiger partial charge in [-0.3, -0.25) is 0 Å². The van der Waals surface area contributed by atoms with Gasteiger partial charge in [0.15, 0.2) is 0 Å². The second-order valence-corrected chi connectivity index (χ2v) is 9.88. The SMILES string of the molecule is Cc1cc(-c2nc(-c3ccc4c(c3)CCC4NC3CC(C)C3)no2)ccc1-c1ccccc1F. The van der Waals surface area contributed by atoms with Crippen molar-refractivity contribution in [1.29, 1.82) is 0 Å². The molecule has 4 aromatic rings. The number of aromatic nitrogens is 2. The van der Waals surface area contributed by atoms with E-state index in [0.717, 1.165) is 41.0 Å². The highest BCUT2D eigenvalue weighted by Gasteiger charge is 2.31. The van der Waals surface area contributed by atoms with Crippen LogP contribution in [-0.2, 0) is 6.42 Å². The van der Waals surface area contributed by atoms with E-state index in [2.05, 4.69) is 40.6 Å². The van der Waals surface area contributed by atoms with Crippen LogP contribution in [0.25, 0.3) is 34.0 Å². The van der Waals surface area contributed by atoms with Crippen LogP contribution in [0.3, 0.4) is 0 Å². The van der Waals surface area contributed by atoms with Gasteiger partial charge in [-0.05, 0) is 85.0 Å². The molecular weight excluding hydrogens is 425 g/mol. The Morgan fingerprint density at radius 3 is 2.59 bits per heavy atom. The smallest absolute Gasteiger partial charge is 0.258 e. The lowest BCUT2D eigenvalue weighted by atomic mass is 9.81. The van der Waals surface area contributed by atoms with Gasteiger partial charge >= 0.3 is 0 Å². The summed E-state index contributed by atoms with van der Waals surface area (Å²) in [4.78, 5) is 4.67. The number of benzene rings is 3. The molecule has 1 aromatic heterocycles. The summed E-state index contributed by atoms with van der Waals surface area (Å²) in [7, 11) is 0. The Balaban J connectivity index is 1.22. The molecule has 1 N–H and O–H groups in total. The molecule has 2 aliphatic rings. The number of nitrogens with one attached hydrogen (secondary N) is 1. The number of halogens is 1. The van der Waals surface area contributed by atoms with Gasteiger partial charge in [0.1, 0.15) is 5.82 Å². The lowest BCUT2D eigenvalue weighted by molar-refractivity contribution is 0.222. The summed E-state index contributed by atoms with van der Waals surface area (Å²) in [5.41, 5.74) is 7.00. The summed E-state index contributed by atoms with van der Waals surface area (Å²) in [5, 5.41) is 8.09. The summed E-state index contributed by atoms with van der Waals surface area (Å²) in [6.45, 7) is 4.29. The molecule has 0 spiro atoms. The van der Waals surface area contributed by atoms with Crippen molar-refractivity contribution in [1.82, 2.24) is 15.5 Å². The highest BCUT2D eigenvalue weighted by Crippen LogP contribution is 2.37. The quantitative estimate of drug-likeness (QED) is 0.357. The maximum Gasteiger partial charge on any atom is 0.258 e. The van der Waals surface area contributed by atoms with Gasteiger partial charge < -0.3 is 9.84 Å². The lowest BCUT2D eigenvalue weighted by Crippen LogP contribution is -2.41. The summed E-state index contributed by atoms with van der Waals surface area (Å²) in [6.07, 6.45) is 4.80. The van der Waals surface area contributed by atoms with Crippen LogP contribution in [0.15, 0.2) is 65.2 Å². The van der Waals surface area contributed by atoms with Crippen molar-refractivity contribution in [2.24, 2.45) is 5.92 Å². The van der Waals surface area contributed by atoms with E-state index in [4.69, 9.17) is 4.52 Å². The Hall–Kier alpha value is -3.31. The molecule has 1 heterocycles. The molecular formula is C29H28FN3O. The van der Waals surface area contributed by atoms with E-state index in [-0.39, 0.29) is 5.82 Å². The summed E-state index contributed by atoms with van der Waals surface area (Å²) in [5.74, 6) is 1.69. The molecule has 6 rings (SSSR count). The molecule has 1 saturated carbocycles. The number of aryl methyl sites for hydroxylation is 2. The molecule has 1 unspecified atom stereocenters. The van der Waals surface area contributed by atoms with Gasteiger partial charge in [0.2, 0.25) is 5.82 Å². The topological polar surface area (TPSA) is 51.0 Å². The van der Waals surface area contributed by atoms with E-state index in [9.17, 15) is 4.39 Å². The minimum absolute atomic E-state index is 0.227. The maximum absolute atomic E-state index is 14.2. The van der Waals surface area contributed by atoms with E-state index < -0.39 is 0 Å². The Morgan fingerprint density at radius 1 is 0.971 bits per heavy atom. The van der Waals surface area contributed by atoms with Crippen LogP contribution < -0.4 is 5.32 Å². The first-order chi connectivity index (χ1) is 16.5. The van der Waals surface area contributed by atoms with Gasteiger partial charge in [-0.1, -0.05) is 48.5 Å². The van der Waals surface area contributed by atoms with E-state index >= 15 is 0 Å². The van der Waals surface area contributed by atoms with E-state index in [1.54, 1.807) is 12.1 Å². The second-order valence-electron chi connectivity index (χ2n) is 9.88. The van der Waals surface area contributed by atoms with Gasteiger partial charge in [0, 0.05) is 28.8 Å². The van der Waals surface area contributed by atoms with Crippen molar-refractivity contribution in [3.63, 3.8) is 0 Å². The predicted molar refractivity (Wildman–Crippen MR) is 132 cm³/mol. The molecule has 1 atom stereocenters. The minimum atomic E-state index is -0.227. The highest BCUT2D eigenvalue weighted by atomic mass is 19.1. The van der Waals surface area contributed by atoms with Crippen LogP contribution in [0, 0.1) is 18.7 Å². The Labute approximate surface area is 199 Å². The monoisotopic (exact) mass is 453 g/mol. The minimum Gasteiger partial charge on any atom is -0.334 e. The van der Waals surface area contributed by atoms with Crippen LogP contribution >= 0.6 is 0 Å². The van der Waals surface area contributed by atoms with E-state index in [1.165, 1.54) is 30.0 Å². The average molecular weight is 454 g/mol. The fraction of sp³-hybridized carbons (Fsp3) is 0.310. The third kappa shape index (κ3) is 3.84. The first kappa shape index (κ1) is 21.2. The molecule has 0 radical (unpaired) electrons. The third-order valence-corrected chi connectivity index (χ3v) is 7.35. The van der Waals surface area contributed by atoms with Crippen molar-refractivity contribution < 1.29 is 8.91 Å². The lowest BCUT2D eigenvalue weighted by Gasteiger charge is -2.36. The summed E-state index contributed by atoms with van der Waals surface area (Å²) < 4.78 is 19.8. The van der Waals surface area contributed by atoms with Crippen molar-refractivity contribution in [3.05, 3.63) is 83.2 Å². The second kappa shape index (κ2) is 8.48. The number of fused-ring (bicyclic) bond motifs is 1. The van der Waals surface area contributed by atoms with Gasteiger partial charge in [-0.15, -0.1) is 0 Å². The van der Waals surface area contributed by atoms with Gasteiger partial charge in [0.25, 0.3) is 5.89 Å². The summed E-state index contributed by atoms with van der Waals surface area (Å²) in [6, 6.07) is 20.3. The predicted octanol–water partition coefficient (Wildman–Crippen LogP) is 6.89. The normalized spacial score (nSPS) is 21.3. The first-order valence-corrected chi connectivity index (χ1v) is 12.1.